The lowest BCUT2D eigenvalue weighted by Crippen LogP contribution is -2.43. The zero-order chi connectivity index (χ0) is 25.6. The molecule has 0 saturated carbocycles. The lowest BCUT2D eigenvalue weighted by molar-refractivity contribution is 0.0917. The standard InChI is InChI=1S/C27H30N8O2/c1-35-10-6-21(7-11-35)32-26(36)18-3-2-4-22(14-18)33-27-29-9-5-24(34-27)20-13-19(15-28)25(30-16-20)31-23-8-12-37-17-23/h2-5,9,13-14,16,21,23H,6-8,10-12,17H2,1H3,(H,30,31)(H,32,36)(H,29,33,34)/t23-/m1/s1. The fourth-order valence-electron chi connectivity index (χ4n) is 4.52. The molecule has 3 aromatic rings. The van der Waals surface area contributed by atoms with Crippen LogP contribution < -0.4 is 16.0 Å². The summed E-state index contributed by atoms with van der Waals surface area (Å²) in [7, 11) is 2.10. The van der Waals surface area contributed by atoms with Crippen molar-refractivity contribution in [1.29, 1.82) is 5.26 Å². The third-order valence-corrected chi connectivity index (χ3v) is 6.66. The summed E-state index contributed by atoms with van der Waals surface area (Å²) in [5, 5.41) is 19.3. The fourth-order valence-corrected chi connectivity index (χ4v) is 4.52. The quantitative estimate of drug-likeness (QED) is 0.450. The van der Waals surface area contributed by atoms with Crippen LogP contribution in [0, 0.1) is 11.3 Å². The Morgan fingerprint density at radius 1 is 1.14 bits per heavy atom. The van der Waals surface area contributed by atoms with Gasteiger partial charge in [-0.3, -0.25) is 4.79 Å². The number of nitrogens with zero attached hydrogens (tertiary/aromatic N) is 5. The van der Waals surface area contributed by atoms with Crippen molar-refractivity contribution >= 4 is 23.4 Å². The van der Waals surface area contributed by atoms with Crippen LogP contribution in [0.2, 0.25) is 0 Å². The Morgan fingerprint density at radius 2 is 2.00 bits per heavy atom. The molecule has 2 saturated heterocycles. The van der Waals surface area contributed by atoms with Gasteiger partial charge in [0, 0.05) is 41.9 Å². The van der Waals surface area contributed by atoms with Gasteiger partial charge in [0.2, 0.25) is 5.95 Å². The van der Waals surface area contributed by atoms with Gasteiger partial charge in [-0.25, -0.2) is 15.0 Å². The van der Waals surface area contributed by atoms with Gasteiger partial charge < -0.3 is 25.6 Å². The summed E-state index contributed by atoms with van der Waals surface area (Å²) >= 11 is 0. The van der Waals surface area contributed by atoms with Crippen molar-refractivity contribution in [2.24, 2.45) is 0 Å². The van der Waals surface area contributed by atoms with Gasteiger partial charge in [-0.2, -0.15) is 5.26 Å². The Labute approximate surface area is 216 Å². The van der Waals surface area contributed by atoms with Crippen LogP contribution in [0.5, 0.6) is 0 Å². The number of likely N-dealkylation sites (tertiary alicyclic amines) is 1. The number of ether oxygens (including phenoxy) is 1. The summed E-state index contributed by atoms with van der Waals surface area (Å²) in [6, 6.07) is 13.4. The Balaban J connectivity index is 1.27. The number of benzene rings is 1. The molecule has 0 unspecified atom stereocenters. The van der Waals surface area contributed by atoms with Crippen molar-refractivity contribution in [3.8, 4) is 17.3 Å². The van der Waals surface area contributed by atoms with Crippen LogP contribution in [0.1, 0.15) is 35.2 Å². The number of anilines is 3. The van der Waals surface area contributed by atoms with Crippen molar-refractivity contribution in [3.05, 3.63) is 59.9 Å². The van der Waals surface area contributed by atoms with Gasteiger partial charge in [-0.05, 0) is 69.7 Å². The first-order valence-corrected chi connectivity index (χ1v) is 12.5. The van der Waals surface area contributed by atoms with Gasteiger partial charge in [0.05, 0.1) is 23.9 Å². The number of rotatable bonds is 7. The molecule has 10 heteroatoms. The minimum atomic E-state index is -0.0826. The normalized spacial score (nSPS) is 18.2. The van der Waals surface area contributed by atoms with E-state index < -0.39 is 0 Å². The summed E-state index contributed by atoms with van der Waals surface area (Å²) in [6.45, 7) is 3.29. The van der Waals surface area contributed by atoms with Crippen molar-refractivity contribution in [3.63, 3.8) is 0 Å². The number of amides is 1. The molecule has 2 aliphatic heterocycles. The predicted molar refractivity (Wildman–Crippen MR) is 141 cm³/mol. The highest BCUT2D eigenvalue weighted by Gasteiger charge is 2.20. The summed E-state index contributed by atoms with van der Waals surface area (Å²) in [5.74, 6) is 0.847. The van der Waals surface area contributed by atoms with Crippen molar-refractivity contribution in [2.45, 2.75) is 31.3 Å². The van der Waals surface area contributed by atoms with Gasteiger partial charge in [-0.1, -0.05) is 6.07 Å². The van der Waals surface area contributed by atoms with E-state index in [1.165, 1.54) is 0 Å². The average Bonchev–Trinajstić information content (AvgIpc) is 3.44. The van der Waals surface area contributed by atoms with E-state index in [-0.39, 0.29) is 18.0 Å². The Morgan fingerprint density at radius 3 is 2.78 bits per heavy atom. The van der Waals surface area contributed by atoms with Crippen LogP contribution in [0.4, 0.5) is 17.5 Å². The number of carbonyl (C=O) groups is 1. The zero-order valence-electron chi connectivity index (χ0n) is 20.8. The number of nitrogens with one attached hydrogen (secondary N) is 3. The van der Waals surface area contributed by atoms with Crippen LogP contribution in [-0.4, -0.2) is 71.2 Å². The van der Waals surface area contributed by atoms with Gasteiger partial charge in [-0.15, -0.1) is 0 Å². The number of nitriles is 1. The Hall–Kier alpha value is -4.07. The highest BCUT2D eigenvalue weighted by atomic mass is 16.5. The van der Waals surface area contributed by atoms with E-state index in [0.717, 1.165) is 32.4 Å². The van der Waals surface area contributed by atoms with Crippen LogP contribution >= 0.6 is 0 Å². The SMILES string of the molecule is CN1CCC(NC(=O)c2cccc(Nc3nccc(-c4cnc(N[C@@H]5CCOC5)c(C#N)c4)n3)c2)CC1. The number of pyridine rings is 1. The van der Waals surface area contributed by atoms with Crippen LogP contribution in [0.25, 0.3) is 11.3 Å². The highest BCUT2D eigenvalue weighted by molar-refractivity contribution is 5.95. The molecule has 1 atom stereocenters. The van der Waals surface area contributed by atoms with Crippen LogP contribution in [-0.2, 0) is 4.74 Å². The van der Waals surface area contributed by atoms with E-state index in [1.54, 1.807) is 36.7 Å². The maximum Gasteiger partial charge on any atom is 0.251 e. The van der Waals surface area contributed by atoms with Gasteiger partial charge >= 0.3 is 0 Å². The van der Waals surface area contributed by atoms with E-state index in [9.17, 15) is 10.1 Å². The largest absolute Gasteiger partial charge is 0.379 e. The molecule has 0 radical (unpaired) electrons. The van der Waals surface area contributed by atoms with E-state index in [2.05, 4.69) is 48.9 Å². The lowest BCUT2D eigenvalue weighted by Gasteiger charge is -2.29. The van der Waals surface area contributed by atoms with Crippen LogP contribution in [0.3, 0.4) is 0 Å². The number of hydrogen-bond acceptors (Lipinski definition) is 9. The first-order chi connectivity index (χ1) is 18.1. The molecule has 0 spiro atoms. The smallest absolute Gasteiger partial charge is 0.251 e. The van der Waals surface area contributed by atoms with E-state index in [4.69, 9.17) is 4.74 Å². The molecule has 2 fully saturated rings. The summed E-state index contributed by atoms with van der Waals surface area (Å²) in [4.78, 5) is 28.5. The molecule has 0 bridgehead atoms. The number of piperidine rings is 1. The fraction of sp³-hybridized carbons (Fsp3) is 0.370. The molecule has 2 aliphatic rings. The molecule has 2 aromatic heterocycles. The number of aromatic nitrogens is 3. The van der Waals surface area contributed by atoms with Crippen molar-refractivity contribution in [2.75, 3.05) is 44.0 Å². The van der Waals surface area contributed by atoms with Gasteiger partial charge in [0.1, 0.15) is 11.9 Å². The zero-order valence-corrected chi connectivity index (χ0v) is 20.8. The Kier molecular flexibility index (Phi) is 7.54. The lowest BCUT2D eigenvalue weighted by atomic mass is 10.0. The molecule has 10 nitrogen and oxygen atoms in total. The maximum atomic E-state index is 12.8. The summed E-state index contributed by atoms with van der Waals surface area (Å²) < 4.78 is 5.40. The first kappa shape index (κ1) is 24.6. The maximum absolute atomic E-state index is 12.8. The van der Waals surface area contributed by atoms with E-state index in [0.29, 0.717) is 53.1 Å². The molecule has 1 aromatic carbocycles. The van der Waals surface area contributed by atoms with Crippen molar-refractivity contribution < 1.29 is 9.53 Å². The molecular formula is C27H30N8O2. The van der Waals surface area contributed by atoms with Gasteiger partial charge in [0.15, 0.2) is 0 Å². The Bertz CT molecular complexity index is 1290. The third kappa shape index (κ3) is 6.20. The average molecular weight is 499 g/mol. The molecule has 37 heavy (non-hydrogen) atoms. The first-order valence-electron chi connectivity index (χ1n) is 12.5. The molecule has 190 valence electrons. The third-order valence-electron chi connectivity index (χ3n) is 6.66. The van der Waals surface area contributed by atoms with E-state index in [1.807, 2.05) is 12.1 Å². The second-order valence-electron chi connectivity index (χ2n) is 9.46. The minimum Gasteiger partial charge on any atom is -0.379 e. The molecule has 5 rings (SSSR count). The molecule has 3 N–H and O–H groups in total. The van der Waals surface area contributed by atoms with Crippen molar-refractivity contribution in [1.82, 2.24) is 25.2 Å². The molecular weight excluding hydrogens is 468 g/mol. The second-order valence-corrected chi connectivity index (χ2v) is 9.46. The summed E-state index contributed by atoms with van der Waals surface area (Å²) in [5.41, 5.74) is 3.08. The predicted octanol–water partition coefficient (Wildman–Crippen LogP) is 3.18. The monoisotopic (exact) mass is 498 g/mol. The number of carbonyl (C=O) groups excluding carboxylic acids is 1. The minimum absolute atomic E-state index is 0.0826. The molecule has 1 amide bonds. The second kappa shape index (κ2) is 11.3. The number of hydrogen-bond donors (Lipinski definition) is 3. The van der Waals surface area contributed by atoms with Gasteiger partial charge in [0.25, 0.3) is 5.91 Å². The topological polar surface area (TPSA) is 128 Å². The summed E-state index contributed by atoms with van der Waals surface area (Å²) in [6.07, 6.45) is 6.13. The molecule has 4 heterocycles. The highest BCUT2D eigenvalue weighted by Crippen LogP contribution is 2.24. The van der Waals surface area contributed by atoms with E-state index >= 15 is 0 Å². The molecule has 0 aliphatic carbocycles. The van der Waals surface area contributed by atoms with Crippen LogP contribution in [0.15, 0.2) is 48.8 Å².